The van der Waals surface area contributed by atoms with Crippen LogP contribution in [0.5, 0.6) is 0 Å². The van der Waals surface area contributed by atoms with Gasteiger partial charge in [0.15, 0.2) is 0 Å². The predicted molar refractivity (Wildman–Crippen MR) is 74.6 cm³/mol. The lowest BCUT2D eigenvalue weighted by atomic mass is 9.92. The summed E-state index contributed by atoms with van der Waals surface area (Å²) in [5.41, 5.74) is 0. The van der Waals surface area contributed by atoms with E-state index < -0.39 is 0 Å². The van der Waals surface area contributed by atoms with Gasteiger partial charge in [-0.25, -0.2) is 0 Å². The molecule has 1 fully saturated rings. The largest absolute Gasteiger partial charge is 0.300 e. The van der Waals surface area contributed by atoms with E-state index in [-0.39, 0.29) is 5.92 Å². The Kier molecular flexibility index (Phi) is 7.95. The summed E-state index contributed by atoms with van der Waals surface area (Å²) in [4.78, 5) is 23.5. The van der Waals surface area contributed by atoms with Crippen LogP contribution < -0.4 is 0 Å². The lowest BCUT2D eigenvalue weighted by Gasteiger charge is -2.11. The van der Waals surface area contributed by atoms with E-state index in [1.807, 2.05) is 0 Å². The summed E-state index contributed by atoms with van der Waals surface area (Å²) in [5.74, 6) is 0.699. The molecule has 1 saturated carbocycles. The Hall–Kier alpha value is -0.660. The molecule has 1 unspecified atom stereocenters. The molecular weight excluding hydrogens is 224 g/mol. The van der Waals surface area contributed by atoms with Gasteiger partial charge in [-0.3, -0.25) is 9.59 Å². The molecule has 2 nitrogen and oxygen atoms in total. The van der Waals surface area contributed by atoms with Crippen molar-refractivity contribution in [1.29, 1.82) is 0 Å². The van der Waals surface area contributed by atoms with Crippen molar-refractivity contribution in [2.45, 2.75) is 84.0 Å². The van der Waals surface area contributed by atoms with Gasteiger partial charge in [-0.15, -0.1) is 0 Å². The number of ketones is 2. The molecule has 0 amide bonds. The van der Waals surface area contributed by atoms with Gasteiger partial charge in [-0.2, -0.15) is 0 Å². The molecule has 1 aliphatic carbocycles. The number of hydrogen-bond acceptors (Lipinski definition) is 2. The van der Waals surface area contributed by atoms with Gasteiger partial charge in [-0.05, 0) is 19.3 Å². The monoisotopic (exact) mass is 252 g/mol. The molecule has 0 aromatic rings. The lowest BCUT2D eigenvalue weighted by Crippen LogP contribution is -2.16. The molecule has 0 radical (unpaired) electrons. The molecule has 0 N–H and O–H groups in total. The second-order valence-corrected chi connectivity index (χ2v) is 5.67. The van der Waals surface area contributed by atoms with E-state index in [4.69, 9.17) is 0 Å². The molecule has 0 spiro atoms. The number of carbonyl (C=O) groups is 2. The molecule has 1 aliphatic rings. The van der Waals surface area contributed by atoms with Gasteiger partial charge in [-0.1, -0.05) is 45.4 Å². The minimum atomic E-state index is 0.0515. The highest BCUT2D eigenvalue weighted by Crippen LogP contribution is 2.23. The summed E-state index contributed by atoms with van der Waals surface area (Å²) >= 11 is 0. The zero-order valence-electron chi connectivity index (χ0n) is 11.9. The van der Waals surface area contributed by atoms with Crippen LogP contribution in [-0.2, 0) is 9.59 Å². The SMILES string of the molecule is CCCCCCCCC(=O)C1CCCCC(=O)C1. The van der Waals surface area contributed by atoms with Gasteiger partial charge in [0.2, 0.25) is 0 Å². The maximum Gasteiger partial charge on any atom is 0.136 e. The summed E-state index contributed by atoms with van der Waals surface area (Å²) in [6, 6.07) is 0. The van der Waals surface area contributed by atoms with E-state index >= 15 is 0 Å². The maximum absolute atomic E-state index is 12.0. The molecule has 0 saturated heterocycles. The number of hydrogen-bond donors (Lipinski definition) is 0. The van der Waals surface area contributed by atoms with Gasteiger partial charge in [0, 0.05) is 25.2 Å². The van der Waals surface area contributed by atoms with Crippen LogP contribution in [0.3, 0.4) is 0 Å². The van der Waals surface area contributed by atoms with E-state index in [9.17, 15) is 9.59 Å². The van der Waals surface area contributed by atoms with Crippen LogP contribution in [-0.4, -0.2) is 11.6 Å². The average Bonchev–Trinajstić information content (AvgIpc) is 2.58. The first kappa shape index (κ1) is 15.4. The molecule has 1 atom stereocenters. The summed E-state index contributed by atoms with van der Waals surface area (Å²) < 4.78 is 0. The number of unbranched alkanes of at least 4 members (excludes halogenated alkanes) is 5. The van der Waals surface area contributed by atoms with Crippen molar-refractivity contribution in [3.05, 3.63) is 0 Å². The lowest BCUT2D eigenvalue weighted by molar-refractivity contribution is -0.127. The number of rotatable bonds is 8. The Morgan fingerprint density at radius 2 is 1.83 bits per heavy atom. The van der Waals surface area contributed by atoms with Crippen LogP contribution in [0.1, 0.15) is 84.0 Å². The fourth-order valence-corrected chi connectivity index (χ4v) is 2.75. The van der Waals surface area contributed by atoms with Crippen molar-refractivity contribution in [2.24, 2.45) is 5.92 Å². The van der Waals surface area contributed by atoms with Crippen LogP contribution in [0.25, 0.3) is 0 Å². The maximum atomic E-state index is 12.0. The Labute approximate surface area is 112 Å². The molecule has 1 rings (SSSR count). The molecule has 104 valence electrons. The molecule has 0 heterocycles. The highest BCUT2D eigenvalue weighted by molar-refractivity contribution is 5.88. The quantitative estimate of drug-likeness (QED) is 0.472. The Morgan fingerprint density at radius 1 is 1.11 bits per heavy atom. The van der Waals surface area contributed by atoms with Gasteiger partial charge in [0.05, 0.1) is 0 Å². The molecule has 0 aliphatic heterocycles. The van der Waals surface area contributed by atoms with Crippen LogP contribution in [0.2, 0.25) is 0 Å². The zero-order valence-corrected chi connectivity index (χ0v) is 11.9. The van der Waals surface area contributed by atoms with Crippen LogP contribution in [0, 0.1) is 5.92 Å². The molecule has 0 aromatic heterocycles. The van der Waals surface area contributed by atoms with E-state index in [0.717, 1.165) is 25.7 Å². The van der Waals surface area contributed by atoms with E-state index in [2.05, 4.69) is 6.92 Å². The second-order valence-electron chi connectivity index (χ2n) is 5.67. The highest BCUT2D eigenvalue weighted by atomic mass is 16.1. The van der Waals surface area contributed by atoms with Crippen molar-refractivity contribution in [3.63, 3.8) is 0 Å². The van der Waals surface area contributed by atoms with Crippen molar-refractivity contribution in [3.8, 4) is 0 Å². The standard InChI is InChI=1S/C16H28O2/c1-2-3-4-5-6-7-12-16(18)14-10-8-9-11-15(17)13-14/h14H,2-13H2,1H3. The minimum absolute atomic E-state index is 0.0515. The molecule has 18 heavy (non-hydrogen) atoms. The van der Waals surface area contributed by atoms with Crippen molar-refractivity contribution >= 4 is 11.6 Å². The van der Waals surface area contributed by atoms with Gasteiger partial charge >= 0.3 is 0 Å². The topological polar surface area (TPSA) is 34.1 Å². The number of carbonyl (C=O) groups excluding carboxylic acids is 2. The minimum Gasteiger partial charge on any atom is -0.300 e. The number of Topliss-reactive ketones (excluding diaryl/α,β-unsaturated/α-hetero) is 2. The first-order valence-electron chi connectivity index (χ1n) is 7.78. The van der Waals surface area contributed by atoms with Crippen LogP contribution in [0.15, 0.2) is 0 Å². The third-order valence-electron chi connectivity index (χ3n) is 3.96. The summed E-state index contributed by atoms with van der Waals surface area (Å²) in [5, 5.41) is 0. The Morgan fingerprint density at radius 3 is 2.61 bits per heavy atom. The van der Waals surface area contributed by atoms with Crippen molar-refractivity contribution < 1.29 is 9.59 Å². The Balaban J connectivity index is 2.13. The fourth-order valence-electron chi connectivity index (χ4n) is 2.75. The first-order valence-corrected chi connectivity index (χ1v) is 7.78. The van der Waals surface area contributed by atoms with E-state index in [1.54, 1.807) is 0 Å². The van der Waals surface area contributed by atoms with Crippen molar-refractivity contribution in [2.75, 3.05) is 0 Å². The zero-order chi connectivity index (χ0) is 13.2. The summed E-state index contributed by atoms with van der Waals surface area (Å²) in [7, 11) is 0. The Bertz CT molecular complexity index is 258. The van der Waals surface area contributed by atoms with Gasteiger partial charge in [0.1, 0.15) is 11.6 Å². The van der Waals surface area contributed by atoms with E-state index in [1.165, 1.54) is 32.1 Å². The van der Waals surface area contributed by atoms with Gasteiger partial charge in [0.25, 0.3) is 0 Å². The molecular formula is C16H28O2. The molecule has 2 heteroatoms. The first-order chi connectivity index (χ1) is 8.74. The van der Waals surface area contributed by atoms with Crippen LogP contribution >= 0.6 is 0 Å². The predicted octanol–water partition coefficient (Wildman–Crippen LogP) is 4.46. The second kappa shape index (κ2) is 9.29. The molecule has 0 bridgehead atoms. The third kappa shape index (κ3) is 6.32. The fraction of sp³-hybridized carbons (Fsp3) is 0.875. The third-order valence-corrected chi connectivity index (χ3v) is 3.96. The smallest absolute Gasteiger partial charge is 0.136 e. The van der Waals surface area contributed by atoms with Crippen molar-refractivity contribution in [1.82, 2.24) is 0 Å². The average molecular weight is 252 g/mol. The summed E-state index contributed by atoms with van der Waals surface area (Å²) in [6.45, 7) is 2.21. The van der Waals surface area contributed by atoms with Crippen LogP contribution in [0.4, 0.5) is 0 Å². The molecule has 0 aromatic carbocycles. The van der Waals surface area contributed by atoms with Gasteiger partial charge < -0.3 is 0 Å². The van der Waals surface area contributed by atoms with E-state index in [0.29, 0.717) is 30.8 Å². The normalized spacial score (nSPS) is 20.7. The highest BCUT2D eigenvalue weighted by Gasteiger charge is 2.23. The summed E-state index contributed by atoms with van der Waals surface area (Å²) in [6.07, 6.45) is 12.2.